The van der Waals surface area contributed by atoms with Gasteiger partial charge in [-0.2, -0.15) is 18.2 Å². The van der Waals surface area contributed by atoms with Crippen molar-refractivity contribution in [3.63, 3.8) is 0 Å². The molecule has 0 N–H and O–H groups in total. The Morgan fingerprint density at radius 1 is 1.24 bits per heavy atom. The van der Waals surface area contributed by atoms with Crippen LogP contribution in [-0.2, 0) is 12.6 Å². The molecule has 3 saturated heterocycles. The van der Waals surface area contributed by atoms with Crippen molar-refractivity contribution in [3.05, 3.63) is 35.7 Å². The molecule has 3 aliphatic rings. The second-order valence-electron chi connectivity index (χ2n) is 7.64. The van der Waals surface area contributed by atoms with Gasteiger partial charge in [0.1, 0.15) is 0 Å². The molecule has 3 aliphatic heterocycles. The summed E-state index contributed by atoms with van der Waals surface area (Å²) >= 11 is 0. The van der Waals surface area contributed by atoms with E-state index in [4.69, 9.17) is 4.52 Å². The normalized spacial score (nSPS) is 29.1. The van der Waals surface area contributed by atoms with Crippen molar-refractivity contribution in [2.75, 3.05) is 26.7 Å². The lowest BCUT2D eigenvalue weighted by Crippen LogP contribution is -2.59. The summed E-state index contributed by atoms with van der Waals surface area (Å²) in [5.74, 6) is 1.96. The van der Waals surface area contributed by atoms with Gasteiger partial charge in [0.15, 0.2) is 0 Å². The molecule has 134 valence electrons. The lowest BCUT2D eigenvalue weighted by atomic mass is 9.76. The lowest BCUT2D eigenvalue weighted by molar-refractivity contribution is -0.929. The third-order valence-corrected chi connectivity index (χ3v) is 5.77. The lowest BCUT2D eigenvalue weighted by Gasteiger charge is -2.50. The maximum Gasteiger partial charge on any atom is 0.416 e. The molecule has 2 bridgehead atoms. The molecule has 4 heterocycles. The third-order valence-electron chi connectivity index (χ3n) is 5.77. The molecular weight excluding hydrogens is 331 g/mol. The van der Waals surface area contributed by atoms with E-state index >= 15 is 0 Å². The number of hydrogen-bond acceptors (Lipinski definition) is 3. The molecule has 7 heteroatoms. The summed E-state index contributed by atoms with van der Waals surface area (Å²) in [6.07, 6.45) is -1.20. The van der Waals surface area contributed by atoms with E-state index in [1.807, 2.05) is 0 Å². The minimum atomic E-state index is -4.38. The number of quaternary nitrogens is 1. The average molecular weight is 352 g/mol. The first kappa shape index (κ1) is 16.6. The van der Waals surface area contributed by atoms with Gasteiger partial charge in [-0.25, -0.2) is 0 Å². The first-order valence-electron chi connectivity index (χ1n) is 8.66. The monoisotopic (exact) mass is 352 g/mol. The van der Waals surface area contributed by atoms with Crippen LogP contribution in [0.2, 0.25) is 0 Å². The fourth-order valence-corrected chi connectivity index (χ4v) is 4.33. The van der Waals surface area contributed by atoms with Crippen LogP contribution in [0, 0.1) is 11.8 Å². The van der Waals surface area contributed by atoms with E-state index in [0.717, 1.165) is 23.2 Å². The van der Waals surface area contributed by atoms with Gasteiger partial charge in [-0.1, -0.05) is 17.3 Å². The van der Waals surface area contributed by atoms with Gasteiger partial charge in [-0.3, -0.25) is 0 Å². The number of piperidine rings is 3. The van der Waals surface area contributed by atoms with Gasteiger partial charge in [0, 0.05) is 30.7 Å². The quantitative estimate of drug-likeness (QED) is 0.789. The number of fused-ring (bicyclic) bond motifs is 3. The van der Waals surface area contributed by atoms with Crippen molar-refractivity contribution in [1.82, 2.24) is 10.1 Å². The van der Waals surface area contributed by atoms with Crippen LogP contribution in [0.3, 0.4) is 0 Å². The molecular formula is C18H21F3N3O+. The molecule has 1 aromatic heterocycles. The highest BCUT2D eigenvalue weighted by Crippen LogP contribution is 2.38. The van der Waals surface area contributed by atoms with Gasteiger partial charge >= 0.3 is 6.18 Å². The number of benzene rings is 1. The Hall–Kier alpha value is -1.89. The van der Waals surface area contributed by atoms with Crippen LogP contribution in [0.4, 0.5) is 13.2 Å². The summed E-state index contributed by atoms with van der Waals surface area (Å²) < 4.78 is 45.0. The SMILES string of the molecule is C[N+]12CCC(CC1)C(Cc1nc(-c3cccc(C(F)(F)F)c3)no1)C2. The summed E-state index contributed by atoms with van der Waals surface area (Å²) in [7, 11) is 2.30. The second-order valence-corrected chi connectivity index (χ2v) is 7.64. The zero-order valence-corrected chi connectivity index (χ0v) is 14.1. The first-order valence-corrected chi connectivity index (χ1v) is 8.66. The molecule has 0 saturated carbocycles. The van der Waals surface area contributed by atoms with Gasteiger partial charge in [-0.05, 0) is 18.1 Å². The van der Waals surface area contributed by atoms with E-state index < -0.39 is 11.7 Å². The summed E-state index contributed by atoms with van der Waals surface area (Å²) in [4.78, 5) is 4.35. The van der Waals surface area contributed by atoms with Crippen LogP contribution in [-0.4, -0.2) is 41.3 Å². The van der Waals surface area contributed by atoms with Gasteiger partial charge < -0.3 is 9.01 Å². The molecule has 5 rings (SSSR count). The van der Waals surface area contributed by atoms with Crippen LogP contribution in [0.15, 0.2) is 28.8 Å². The van der Waals surface area contributed by atoms with E-state index in [9.17, 15) is 13.2 Å². The van der Waals surface area contributed by atoms with E-state index in [-0.39, 0.29) is 5.82 Å². The zero-order chi connectivity index (χ0) is 17.7. The molecule has 0 radical (unpaired) electrons. The predicted molar refractivity (Wildman–Crippen MR) is 85.4 cm³/mol. The van der Waals surface area contributed by atoms with Crippen molar-refractivity contribution in [2.24, 2.45) is 11.8 Å². The minimum absolute atomic E-state index is 0.225. The largest absolute Gasteiger partial charge is 0.416 e. The first-order chi connectivity index (χ1) is 11.8. The Kier molecular flexibility index (Phi) is 3.86. The molecule has 0 amide bonds. The molecule has 1 aromatic carbocycles. The maximum atomic E-state index is 12.9. The summed E-state index contributed by atoms with van der Waals surface area (Å²) in [5, 5.41) is 3.90. The molecule has 0 spiro atoms. The molecule has 2 aromatic rings. The highest BCUT2D eigenvalue weighted by atomic mass is 19.4. The van der Waals surface area contributed by atoms with Gasteiger partial charge in [-0.15, -0.1) is 0 Å². The van der Waals surface area contributed by atoms with Crippen LogP contribution < -0.4 is 0 Å². The Balaban J connectivity index is 1.51. The summed E-state index contributed by atoms with van der Waals surface area (Å²) in [5.41, 5.74) is -0.371. The summed E-state index contributed by atoms with van der Waals surface area (Å²) in [6, 6.07) is 5.05. The van der Waals surface area contributed by atoms with Crippen LogP contribution in [0.5, 0.6) is 0 Å². The van der Waals surface area contributed by atoms with Gasteiger partial charge in [0.2, 0.25) is 11.7 Å². The molecule has 3 fully saturated rings. The molecule has 0 aliphatic carbocycles. The summed E-state index contributed by atoms with van der Waals surface area (Å²) in [6.45, 7) is 3.59. The number of nitrogens with zero attached hydrogens (tertiary/aromatic N) is 3. The van der Waals surface area contributed by atoms with Crippen molar-refractivity contribution in [1.29, 1.82) is 0 Å². The topological polar surface area (TPSA) is 38.9 Å². The average Bonchev–Trinajstić information content (AvgIpc) is 3.03. The van der Waals surface area contributed by atoms with Crippen molar-refractivity contribution < 1.29 is 22.2 Å². The van der Waals surface area contributed by atoms with E-state index in [1.165, 1.54) is 32.0 Å². The predicted octanol–water partition coefficient (Wildman–Crippen LogP) is 3.78. The fraction of sp³-hybridized carbons (Fsp3) is 0.556. The van der Waals surface area contributed by atoms with Gasteiger partial charge in [0.25, 0.3) is 0 Å². The molecule has 1 unspecified atom stereocenters. The van der Waals surface area contributed by atoms with Crippen molar-refractivity contribution >= 4 is 0 Å². The van der Waals surface area contributed by atoms with Crippen molar-refractivity contribution in [2.45, 2.75) is 25.4 Å². The van der Waals surface area contributed by atoms with E-state index in [0.29, 0.717) is 29.7 Å². The Labute approximate surface area is 144 Å². The molecule has 4 nitrogen and oxygen atoms in total. The van der Waals surface area contributed by atoms with E-state index in [1.54, 1.807) is 6.07 Å². The number of halogens is 3. The highest BCUT2D eigenvalue weighted by molar-refractivity contribution is 5.55. The van der Waals surface area contributed by atoms with E-state index in [2.05, 4.69) is 17.2 Å². The van der Waals surface area contributed by atoms with Crippen molar-refractivity contribution in [3.8, 4) is 11.4 Å². The smallest absolute Gasteiger partial charge is 0.339 e. The molecule has 25 heavy (non-hydrogen) atoms. The highest BCUT2D eigenvalue weighted by Gasteiger charge is 2.43. The fourth-order valence-electron chi connectivity index (χ4n) is 4.33. The number of hydrogen-bond donors (Lipinski definition) is 0. The Morgan fingerprint density at radius 2 is 2.00 bits per heavy atom. The van der Waals surface area contributed by atoms with Crippen LogP contribution in [0.25, 0.3) is 11.4 Å². The molecule has 1 atom stereocenters. The zero-order valence-electron chi connectivity index (χ0n) is 14.1. The number of rotatable bonds is 3. The Bertz CT molecular complexity index is 763. The number of aromatic nitrogens is 2. The van der Waals surface area contributed by atoms with Gasteiger partial charge in [0.05, 0.1) is 32.2 Å². The third kappa shape index (κ3) is 3.29. The van der Waals surface area contributed by atoms with Crippen LogP contribution >= 0.6 is 0 Å². The minimum Gasteiger partial charge on any atom is -0.339 e. The number of alkyl halides is 3. The second kappa shape index (κ2) is 5.83. The maximum absolute atomic E-state index is 12.9. The van der Waals surface area contributed by atoms with Crippen LogP contribution in [0.1, 0.15) is 24.3 Å². The Morgan fingerprint density at radius 3 is 2.68 bits per heavy atom. The standard InChI is InChI=1S/C18H21F3N3O/c1-24-7-5-12(6-8-24)14(11-24)10-16-22-17(23-25-16)13-3-2-4-15(9-13)18(19,20)21/h2-4,9,12,14H,5-8,10-11H2,1H3/q+1.